The third-order valence-electron chi connectivity index (χ3n) is 3.56. The van der Waals surface area contributed by atoms with Crippen molar-refractivity contribution in [1.29, 1.82) is 0 Å². The Bertz CT molecular complexity index is 701. The largest absolute Gasteiger partial charge is 0.465 e. The van der Waals surface area contributed by atoms with Crippen LogP contribution in [0.25, 0.3) is 0 Å². The van der Waals surface area contributed by atoms with Crippen molar-refractivity contribution in [3.8, 4) is 0 Å². The molecule has 0 aliphatic carbocycles. The van der Waals surface area contributed by atoms with Gasteiger partial charge in [-0.25, -0.2) is 9.78 Å². The highest BCUT2D eigenvalue weighted by Gasteiger charge is 2.30. The van der Waals surface area contributed by atoms with Crippen LogP contribution in [0.1, 0.15) is 28.2 Å². The number of benzene rings is 1. The molecule has 0 aliphatic heterocycles. The Hall–Kier alpha value is -2.13. The molecule has 1 aromatic carbocycles. The third-order valence-corrected chi connectivity index (χ3v) is 4.52. The molecule has 0 radical (unpaired) electrons. The van der Waals surface area contributed by atoms with Gasteiger partial charge in [0.1, 0.15) is 0 Å². The van der Waals surface area contributed by atoms with Crippen LogP contribution in [0.15, 0.2) is 29.6 Å². The first-order valence-electron chi connectivity index (χ1n) is 7.47. The molecule has 1 heterocycles. The maximum absolute atomic E-state index is 12.6. The maximum atomic E-state index is 12.6. The average Bonchev–Trinajstić information content (AvgIpc) is 3.00. The molecule has 1 amide bonds. The summed E-state index contributed by atoms with van der Waals surface area (Å²) in [4.78, 5) is 15.1. The van der Waals surface area contributed by atoms with E-state index in [1.165, 1.54) is 23.5 Å². The zero-order chi connectivity index (χ0) is 18.4. The second kappa shape index (κ2) is 8.30. The van der Waals surface area contributed by atoms with Gasteiger partial charge < -0.3 is 15.5 Å². The standard InChI is InChI=1S/C16H17F3N2O3S/c17-16(18,19)11-3-1-10(2-4-11)7-12(21-15(23)24)5-6-14-20-13(8-22)9-25-14/h1-4,9,12,21-22H,5-8H2,(H,23,24). The molecule has 0 saturated carbocycles. The number of rotatable bonds is 7. The highest BCUT2D eigenvalue weighted by molar-refractivity contribution is 7.09. The van der Waals surface area contributed by atoms with Crippen molar-refractivity contribution in [3.63, 3.8) is 0 Å². The van der Waals surface area contributed by atoms with Crippen molar-refractivity contribution in [3.05, 3.63) is 51.5 Å². The van der Waals surface area contributed by atoms with Gasteiger partial charge in [0, 0.05) is 17.8 Å². The number of hydrogen-bond donors (Lipinski definition) is 3. The molecule has 0 fully saturated rings. The minimum absolute atomic E-state index is 0.154. The molecule has 0 spiro atoms. The van der Waals surface area contributed by atoms with Gasteiger partial charge in [-0.05, 0) is 30.5 Å². The molecule has 1 aromatic heterocycles. The average molecular weight is 374 g/mol. The molecule has 0 saturated heterocycles. The summed E-state index contributed by atoms with van der Waals surface area (Å²) in [5, 5.41) is 22.8. The van der Waals surface area contributed by atoms with E-state index >= 15 is 0 Å². The summed E-state index contributed by atoms with van der Waals surface area (Å²) < 4.78 is 37.7. The van der Waals surface area contributed by atoms with Gasteiger partial charge in [-0.15, -0.1) is 11.3 Å². The number of carboxylic acid groups (broad SMARTS) is 1. The van der Waals surface area contributed by atoms with E-state index < -0.39 is 23.9 Å². The number of thiazole rings is 1. The smallest absolute Gasteiger partial charge is 0.416 e. The highest BCUT2D eigenvalue weighted by Crippen LogP contribution is 2.29. The number of carbonyl (C=O) groups is 1. The molecule has 3 N–H and O–H groups in total. The van der Waals surface area contributed by atoms with Gasteiger partial charge in [-0.1, -0.05) is 12.1 Å². The van der Waals surface area contributed by atoms with Crippen molar-refractivity contribution >= 4 is 17.4 Å². The molecular formula is C16H17F3N2O3S. The number of hydrogen-bond acceptors (Lipinski definition) is 4. The molecule has 1 atom stereocenters. The number of halogens is 3. The van der Waals surface area contributed by atoms with E-state index in [0.717, 1.165) is 17.1 Å². The molecule has 136 valence electrons. The van der Waals surface area contributed by atoms with Gasteiger partial charge in [-0.3, -0.25) is 0 Å². The molecule has 2 rings (SSSR count). The lowest BCUT2D eigenvalue weighted by Gasteiger charge is -2.17. The summed E-state index contributed by atoms with van der Waals surface area (Å²) in [6, 6.07) is 4.23. The second-order valence-corrected chi connectivity index (χ2v) is 6.42. The first kappa shape index (κ1) is 19.2. The van der Waals surface area contributed by atoms with Crippen LogP contribution >= 0.6 is 11.3 Å². The van der Waals surface area contributed by atoms with E-state index in [0.29, 0.717) is 24.1 Å². The fourth-order valence-corrected chi connectivity index (χ4v) is 3.15. The van der Waals surface area contributed by atoms with Crippen LogP contribution in [0.4, 0.5) is 18.0 Å². The highest BCUT2D eigenvalue weighted by atomic mass is 32.1. The summed E-state index contributed by atoms with van der Waals surface area (Å²) in [5.74, 6) is 0. The summed E-state index contributed by atoms with van der Waals surface area (Å²) in [6.07, 6.45) is -4.34. The van der Waals surface area contributed by atoms with E-state index in [9.17, 15) is 18.0 Å². The molecule has 0 bridgehead atoms. The Morgan fingerprint density at radius 3 is 2.48 bits per heavy atom. The van der Waals surface area contributed by atoms with Crippen molar-refractivity contribution < 1.29 is 28.2 Å². The minimum atomic E-state index is -4.40. The van der Waals surface area contributed by atoms with Crippen molar-refractivity contribution in [2.45, 2.75) is 38.1 Å². The van der Waals surface area contributed by atoms with E-state index in [1.807, 2.05) is 0 Å². The van der Waals surface area contributed by atoms with Gasteiger partial charge >= 0.3 is 12.3 Å². The topological polar surface area (TPSA) is 82.5 Å². The zero-order valence-corrected chi connectivity index (χ0v) is 13.9. The van der Waals surface area contributed by atoms with Crippen LogP contribution in [0.2, 0.25) is 0 Å². The van der Waals surface area contributed by atoms with Gasteiger partial charge in [0.25, 0.3) is 0 Å². The Kier molecular flexibility index (Phi) is 6.38. The van der Waals surface area contributed by atoms with E-state index in [2.05, 4.69) is 10.3 Å². The number of aliphatic hydroxyl groups is 1. The van der Waals surface area contributed by atoms with Gasteiger partial charge in [0.05, 0.1) is 22.9 Å². The van der Waals surface area contributed by atoms with Crippen molar-refractivity contribution in [2.75, 3.05) is 0 Å². The summed E-state index contributed by atoms with van der Waals surface area (Å²) in [7, 11) is 0. The normalized spacial score (nSPS) is 12.8. The Labute approximate surface area is 146 Å². The molecule has 1 unspecified atom stereocenters. The third kappa shape index (κ3) is 6.02. The second-order valence-electron chi connectivity index (χ2n) is 5.47. The number of alkyl halides is 3. The minimum Gasteiger partial charge on any atom is -0.465 e. The van der Waals surface area contributed by atoms with Crippen LogP contribution in [0.3, 0.4) is 0 Å². The van der Waals surface area contributed by atoms with Crippen LogP contribution in [0.5, 0.6) is 0 Å². The Morgan fingerprint density at radius 1 is 1.28 bits per heavy atom. The Balaban J connectivity index is 2.00. The molecule has 2 aromatic rings. The van der Waals surface area contributed by atoms with E-state index in [1.54, 1.807) is 5.38 Å². The van der Waals surface area contributed by atoms with Crippen LogP contribution < -0.4 is 5.32 Å². The first-order chi connectivity index (χ1) is 11.8. The number of amides is 1. The quantitative estimate of drug-likeness (QED) is 0.693. The van der Waals surface area contributed by atoms with Crippen LogP contribution in [-0.4, -0.2) is 27.3 Å². The zero-order valence-electron chi connectivity index (χ0n) is 13.1. The van der Waals surface area contributed by atoms with Gasteiger partial charge in [-0.2, -0.15) is 13.2 Å². The monoisotopic (exact) mass is 374 g/mol. The number of aliphatic hydroxyl groups excluding tert-OH is 1. The number of aryl methyl sites for hydroxylation is 1. The fraction of sp³-hybridized carbons (Fsp3) is 0.375. The van der Waals surface area contributed by atoms with Crippen LogP contribution in [-0.2, 0) is 25.6 Å². The predicted molar refractivity (Wildman–Crippen MR) is 86.5 cm³/mol. The summed E-state index contributed by atoms with van der Waals surface area (Å²) >= 11 is 1.37. The van der Waals surface area contributed by atoms with Gasteiger partial charge in [0.15, 0.2) is 0 Å². The van der Waals surface area contributed by atoms with Crippen LogP contribution in [0, 0.1) is 0 Å². The molecule has 25 heavy (non-hydrogen) atoms. The summed E-state index contributed by atoms with van der Waals surface area (Å²) in [6.45, 7) is -0.154. The molecule has 0 aliphatic rings. The summed E-state index contributed by atoms with van der Waals surface area (Å²) in [5.41, 5.74) is 0.436. The van der Waals surface area contributed by atoms with Crippen molar-refractivity contribution in [1.82, 2.24) is 10.3 Å². The fourth-order valence-electron chi connectivity index (χ4n) is 2.35. The SMILES string of the molecule is O=C(O)NC(CCc1nc(CO)cs1)Cc1ccc(C(F)(F)F)cc1. The Morgan fingerprint density at radius 2 is 1.96 bits per heavy atom. The lowest BCUT2D eigenvalue weighted by atomic mass is 10.0. The maximum Gasteiger partial charge on any atom is 0.416 e. The number of nitrogens with zero attached hydrogens (tertiary/aromatic N) is 1. The lowest BCUT2D eigenvalue weighted by Crippen LogP contribution is -2.35. The molecule has 5 nitrogen and oxygen atoms in total. The number of aromatic nitrogens is 1. The lowest BCUT2D eigenvalue weighted by molar-refractivity contribution is -0.137. The predicted octanol–water partition coefficient (Wildman–Crippen LogP) is 3.47. The molecule has 9 heteroatoms. The van der Waals surface area contributed by atoms with E-state index in [4.69, 9.17) is 10.2 Å². The van der Waals surface area contributed by atoms with E-state index in [-0.39, 0.29) is 13.0 Å². The molecular weight excluding hydrogens is 357 g/mol. The first-order valence-corrected chi connectivity index (χ1v) is 8.35. The van der Waals surface area contributed by atoms with Crippen molar-refractivity contribution in [2.24, 2.45) is 0 Å². The van der Waals surface area contributed by atoms with Gasteiger partial charge in [0.2, 0.25) is 0 Å². The number of nitrogens with one attached hydrogen (secondary N) is 1.